The van der Waals surface area contributed by atoms with Crippen LogP contribution in [-0.4, -0.2) is 21.6 Å². The third-order valence-electron chi connectivity index (χ3n) is 2.30. The maximum atomic E-state index is 12.0. The van der Waals surface area contributed by atoms with Crippen molar-refractivity contribution >= 4 is 17.5 Å². The quantitative estimate of drug-likeness (QED) is 0.636. The molecule has 0 fully saturated rings. The highest BCUT2D eigenvalue weighted by Crippen LogP contribution is 2.15. The first-order valence-corrected chi connectivity index (χ1v) is 5.84. The number of rotatable bonds is 3. The lowest BCUT2D eigenvalue weighted by molar-refractivity contribution is 0.102. The molecular weight excluding hydrogens is 208 g/mol. The summed E-state index contributed by atoms with van der Waals surface area (Å²) in [7, 11) is 1.87. The number of hydrogen-bond donors (Lipinski definition) is 1. The Hall–Kier alpha value is -1.42. The summed E-state index contributed by atoms with van der Waals surface area (Å²) < 4.78 is 1.82. The van der Waals surface area contributed by atoms with Gasteiger partial charge in [0.15, 0.2) is 0 Å². The molecule has 2 rings (SSSR count). The van der Waals surface area contributed by atoms with Gasteiger partial charge in [0.2, 0.25) is 5.78 Å². The van der Waals surface area contributed by atoms with Crippen molar-refractivity contribution < 1.29 is 4.79 Å². The SMILES string of the molecule is CSc1ccc(C(=O)c2cccn2C)[nH]1. The number of aromatic nitrogens is 2. The molecule has 0 aromatic carbocycles. The Morgan fingerprint density at radius 2 is 2.20 bits per heavy atom. The van der Waals surface area contributed by atoms with Crippen LogP contribution in [0, 0.1) is 0 Å². The van der Waals surface area contributed by atoms with Crippen LogP contribution in [0.25, 0.3) is 0 Å². The minimum atomic E-state index is 0.0304. The van der Waals surface area contributed by atoms with E-state index in [1.807, 2.05) is 48.3 Å². The number of nitrogens with one attached hydrogen (secondary N) is 1. The van der Waals surface area contributed by atoms with E-state index in [2.05, 4.69) is 4.98 Å². The monoisotopic (exact) mass is 220 g/mol. The van der Waals surface area contributed by atoms with Gasteiger partial charge in [-0.25, -0.2) is 0 Å². The van der Waals surface area contributed by atoms with Gasteiger partial charge in [0.05, 0.1) is 16.4 Å². The molecule has 0 bridgehead atoms. The second-order valence-corrected chi connectivity index (χ2v) is 4.12. The van der Waals surface area contributed by atoms with E-state index in [0.29, 0.717) is 11.4 Å². The van der Waals surface area contributed by atoms with E-state index in [1.165, 1.54) is 0 Å². The molecule has 0 saturated heterocycles. The molecule has 2 aromatic heterocycles. The number of nitrogens with zero attached hydrogens (tertiary/aromatic N) is 1. The predicted octanol–water partition coefficient (Wildman–Crippen LogP) is 2.31. The summed E-state index contributed by atoms with van der Waals surface area (Å²) in [5, 5.41) is 1.01. The molecule has 0 amide bonds. The van der Waals surface area contributed by atoms with E-state index in [4.69, 9.17) is 0 Å². The van der Waals surface area contributed by atoms with Crippen molar-refractivity contribution in [2.45, 2.75) is 5.03 Å². The van der Waals surface area contributed by atoms with E-state index in [0.717, 1.165) is 5.03 Å². The van der Waals surface area contributed by atoms with E-state index in [-0.39, 0.29) is 5.78 Å². The number of aromatic amines is 1. The average molecular weight is 220 g/mol. The van der Waals surface area contributed by atoms with Crippen LogP contribution in [0.1, 0.15) is 16.2 Å². The van der Waals surface area contributed by atoms with Crippen LogP contribution in [0.15, 0.2) is 35.5 Å². The van der Waals surface area contributed by atoms with Crippen molar-refractivity contribution in [1.82, 2.24) is 9.55 Å². The first-order valence-electron chi connectivity index (χ1n) is 4.61. The third-order valence-corrected chi connectivity index (χ3v) is 2.98. The summed E-state index contributed by atoms with van der Waals surface area (Å²) in [6, 6.07) is 7.43. The smallest absolute Gasteiger partial charge is 0.225 e. The van der Waals surface area contributed by atoms with Crippen molar-refractivity contribution in [2.75, 3.05) is 6.26 Å². The van der Waals surface area contributed by atoms with E-state index >= 15 is 0 Å². The van der Waals surface area contributed by atoms with Gasteiger partial charge in [0.1, 0.15) is 0 Å². The van der Waals surface area contributed by atoms with Crippen molar-refractivity contribution in [3.63, 3.8) is 0 Å². The Kier molecular flexibility index (Phi) is 2.68. The van der Waals surface area contributed by atoms with Crippen molar-refractivity contribution in [2.24, 2.45) is 7.05 Å². The topological polar surface area (TPSA) is 37.8 Å². The molecule has 1 N–H and O–H groups in total. The standard InChI is InChI=1S/C11H12N2OS/c1-13-7-3-4-9(13)11(14)8-5-6-10(12-8)15-2/h3-7,12H,1-2H3. The highest BCUT2D eigenvalue weighted by molar-refractivity contribution is 7.98. The number of aryl methyl sites for hydroxylation is 1. The summed E-state index contributed by atoms with van der Waals surface area (Å²) in [5.41, 5.74) is 1.34. The Morgan fingerprint density at radius 3 is 2.73 bits per heavy atom. The van der Waals surface area contributed by atoms with Crippen LogP contribution in [0.4, 0.5) is 0 Å². The van der Waals surface area contributed by atoms with Gasteiger partial charge < -0.3 is 9.55 Å². The fraction of sp³-hybridized carbons (Fsp3) is 0.182. The fourth-order valence-electron chi connectivity index (χ4n) is 1.46. The van der Waals surface area contributed by atoms with Gasteiger partial charge in [0.25, 0.3) is 0 Å². The third kappa shape index (κ3) is 1.85. The molecule has 0 aliphatic rings. The van der Waals surface area contributed by atoms with Crippen LogP contribution in [-0.2, 0) is 7.05 Å². The molecule has 0 unspecified atom stereocenters. The zero-order valence-corrected chi connectivity index (χ0v) is 9.47. The fourth-order valence-corrected chi connectivity index (χ4v) is 1.88. The molecule has 0 atom stereocenters. The molecule has 15 heavy (non-hydrogen) atoms. The number of H-pyrrole nitrogens is 1. The molecule has 2 aromatic rings. The van der Waals surface area contributed by atoms with Gasteiger partial charge in [-0.1, -0.05) is 0 Å². The van der Waals surface area contributed by atoms with Crippen LogP contribution in [0.2, 0.25) is 0 Å². The van der Waals surface area contributed by atoms with E-state index < -0.39 is 0 Å². The highest BCUT2D eigenvalue weighted by atomic mass is 32.2. The first-order chi connectivity index (χ1) is 7.22. The number of hydrogen-bond acceptors (Lipinski definition) is 2. The maximum Gasteiger partial charge on any atom is 0.225 e. The minimum absolute atomic E-state index is 0.0304. The summed E-state index contributed by atoms with van der Waals surface area (Å²) in [4.78, 5) is 15.1. The Balaban J connectivity index is 2.32. The second-order valence-electron chi connectivity index (χ2n) is 3.27. The van der Waals surface area contributed by atoms with Crippen LogP contribution < -0.4 is 0 Å². The summed E-state index contributed by atoms with van der Waals surface area (Å²) in [5.74, 6) is 0.0304. The normalized spacial score (nSPS) is 10.5. The highest BCUT2D eigenvalue weighted by Gasteiger charge is 2.13. The number of ketones is 1. The van der Waals surface area contributed by atoms with Crippen LogP contribution in [0.3, 0.4) is 0 Å². The van der Waals surface area contributed by atoms with Gasteiger partial charge in [-0.05, 0) is 30.5 Å². The molecule has 0 aliphatic carbocycles. The maximum absolute atomic E-state index is 12.0. The molecule has 4 heteroatoms. The van der Waals surface area contributed by atoms with Crippen LogP contribution >= 0.6 is 11.8 Å². The largest absolute Gasteiger partial charge is 0.348 e. The number of carbonyl (C=O) groups excluding carboxylic acids is 1. The minimum Gasteiger partial charge on any atom is -0.348 e. The molecule has 3 nitrogen and oxygen atoms in total. The Morgan fingerprint density at radius 1 is 1.40 bits per heavy atom. The van der Waals surface area contributed by atoms with Gasteiger partial charge in [0, 0.05) is 13.2 Å². The van der Waals surface area contributed by atoms with Crippen molar-refractivity contribution in [3.05, 3.63) is 41.9 Å². The number of thioether (sulfide) groups is 1. The van der Waals surface area contributed by atoms with Crippen molar-refractivity contribution in [3.8, 4) is 0 Å². The number of carbonyl (C=O) groups is 1. The summed E-state index contributed by atoms with van der Waals surface area (Å²) in [6.45, 7) is 0. The van der Waals surface area contributed by atoms with E-state index in [1.54, 1.807) is 11.8 Å². The van der Waals surface area contributed by atoms with Crippen LogP contribution in [0.5, 0.6) is 0 Å². The van der Waals surface area contributed by atoms with Gasteiger partial charge in [-0.3, -0.25) is 4.79 Å². The lowest BCUT2D eigenvalue weighted by atomic mass is 10.2. The van der Waals surface area contributed by atoms with Gasteiger partial charge in [-0.2, -0.15) is 0 Å². The molecule has 0 aliphatic heterocycles. The lowest BCUT2D eigenvalue weighted by Gasteiger charge is -2.00. The zero-order chi connectivity index (χ0) is 10.8. The van der Waals surface area contributed by atoms with E-state index in [9.17, 15) is 4.79 Å². The van der Waals surface area contributed by atoms with Crippen molar-refractivity contribution in [1.29, 1.82) is 0 Å². The molecule has 0 saturated carbocycles. The summed E-state index contributed by atoms with van der Waals surface area (Å²) >= 11 is 1.59. The van der Waals surface area contributed by atoms with Gasteiger partial charge >= 0.3 is 0 Å². The molecule has 2 heterocycles. The lowest BCUT2D eigenvalue weighted by Crippen LogP contribution is -2.06. The first kappa shape index (κ1) is 10.1. The molecule has 0 radical (unpaired) electrons. The predicted molar refractivity (Wildman–Crippen MR) is 61.4 cm³/mol. The molecular formula is C11H12N2OS. The van der Waals surface area contributed by atoms with Gasteiger partial charge in [-0.15, -0.1) is 11.8 Å². The summed E-state index contributed by atoms with van der Waals surface area (Å²) in [6.07, 6.45) is 3.84. The molecule has 78 valence electrons. The Bertz CT molecular complexity index is 484. The Labute approximate surface area is 92.5 Å². The average Bonchev–Trinajstić information content (AvgIpc) is 2.84. The molecule has 0 spiro atoms. The second kappa shape index (κ2) is 3.98. The zero-order valence-electron chi connectivity index (χ0n) is 8.65.